The Hall–Kier alpha value is -0.170. The molecule has 1 aliphatic heterocycles. The average Bonchev–Trinajstić information content (AvgIpc) is 2.29. The van der Waals surface area contributed by atoms with Crippen LogP contribution in [0.4, 0.5) is 0 Å². The van der Waals surface area contributed by atoms with Crippen LogP contribution in [0.25, 0.3) is 0 Å². The molecule has 0 aliphatic carbocycles. The summed E-state index contributed by atoms with van der Waals surface area (Å²) in [4.78, 5) is 0. The van der Waals surface area contributed by atoms with Crippen molar-refractivity contribution in [1.29, 1.82) is 0 Å². The van der Waals surface area contributed by atoms with E-state index in [1.807, 2.05) is 20.8 Å². The van der Waals surface area contributed by atoms with E-state index in [0.717, 1.165) is 25.9 Å². The van der Waals surface area contributed by atoms with E-state index < -0.39 is 10.2 Å². The van der Waals surface area contributed by atoms with E-state index in [1.54, 1.807) is 4.31 Å². The molecule has 0 aromatic heterocycles. The molecule has 0 saturated carbocycles. The van der Waals surface area contributed by atoms with Gasteiger partial charge in [-0.1, -0.05) is 20.8 Å². The van der Waals surface area contributed by atoms with Crippen molar-refractivity contribution >= 4 is 10.2 Å². The number of piperidine rings is 1. The van der Waals surface area contributed by atoms with Crippen LogP contribution in [0.1, 0.15) is 33.6 Å². The van der Waals surface area contributed by atoms with Gasteiger partial charge in [-0.2, -0.15) is 12.7 Å². The van der Waals surface area contributed by atoms with Crippen molar-refractivity contribution in [1.82, 2.24) is 14.3 Å². The van der Waals surface area contributed by atoms with Crippen molar-refractivity contribution in [2.24, 2.45) is 5.92 Å². The minimum Gasteiger partial charge on any atom is -0.317 e. The second-order valence-corrected chi connectivity index (χ2v) is 6.64. The van der Waals surface area contributed by atoms with Gasteiger partial charge < -0.3 is 5.32 Å². The first-order valence-corrected chi connectivity index (χ1v) is 7.88. The molecule has 0 aromatic carbocycles. The number of nitrogens with one attached hydrogen (secondary N) is 2. The second-order valence-electron chi connectivity index (χ2n) is 4.93. The molecule has 5 nitrogen and oxygen atoms in total. The zero-order chi connectivity index (χ0) is 12.9. The zero-order valence-electron chi connectivity index (χ0n) is 11.1. The summed E-state index contributed by atoms with van der Waals surface area (Å²) in [5.74, 6) is 0.330. The fourth-order valence-electron chi connectivity index (χ4n) is 2.07. The van der Waals surface area contributed by atoms with Crippen molar-refractivity contribution in [2.45, 2.75) is 39.7 Å². The quantitative estimate of drug-likeness (QED) is 0.736. The maximum atomic E-state index is 12.2. The highest BCUT2D eigenvalue weighted by Gasteiger charge is 2.29. The van der Waals surface area contributed by atoms with Crippen LogP contribution in [-0.4, -0.2) is 44.9 Å². The lowest BCUT2D eigenvalue weighted by Crippen LogP contribution is -2.50. The van der Waals surface area contributed by atoms with E-state index in [2.05, 4.69) is 10.0 Å². The van der Waals surface area contributed by atoms with Gasteiger partial charge in [0.05, 0.1) is 0 Å². The van der Waals surface area contributed by atoms with E-state index in [9.17, 15) is 8.42 Å². The van der Waals surface area contributed by atoms with Gasteiger partial charge >= 0.3 is 0 Å². The highest BCUT2D eigenvalue weighted by Crippen LogP contribution is 2.14. The molecule has 1 rings (SSSR count). The van der Waals surface area contributed by atoms with Crippen molar-refractivity contribution in [3.05, 3.63) is 0 Å². The standard InChI is InChI=1S/C11H25N3O2S/c1-4-14(11-5-7-12-8-6-11)17(15,16)13-9-10(2)3/h10-13H,4-9H2,1-3H3. The van der Waals surface area contributed by atoms with Gasteiger partial charge in [0.25, 0.3) is 10.2 Å². The molecule has 0 radical (unpaired) electrons. The molecule has 0 amide bonds. The van der Waals surface area contributed by atoms with Crippen LogP contribution in [0.2, 0.25) is 0 Å². The maximum Gasteiger partial charge on any atom is 0.279 e. The average molecular weight is 263 g/mol. The highest BCUT2D eigenvalue weighted by molar-refractivity contribution is 7.87. The molecular formula is C11H25N3O2S. The van der Waals surface area contributed by atoms with Gasteiger partial charge in [0.1, 0.15) is 0 Å². The molecule has 1 aliphatic rings. The number of hydrogen-bond acceptors (Lipinski definition) is 3. The van der Waals surface area contributed by atoms with Crippen LogP contribution in [-0.2, 0) is 10.2 Å². The van der Waals surface area contributed by atoms with Crippen molar-refractivity contribution < 1.29 is 8.42 Å². The minimum atomic E-state index is -3.31. The summed E-state index contributed by atoms with van der Waals surface area (Å²) in [5.41, 5.74) is 0. The Morgan fingerprint density at radius 2 is 1.94 bits per heavy atom. The van der Waals surface area contributed by atoms with E-state index in [1.165, 1.54) is 0 Å². The summed E-state index contributed by atoms with van der Waals surface area (Å²) in [7, 11) is -3.31. The first-order chi connectivity index (χ1) is 7.97. The summed E-state index contributed by atoms with van der Waals surface area (Å²) in [5, 5.41) is 3.25. The Bertz CT molecular complexity index is 311. The molecule has 0 aromatic rings. The van der Waals surface area contributed by atoms with Gasteiger partial charge in [-0.3, -0.25) is 0 Å². The Morgan fingerprint density at radius 3 is 2.41 bits per heavy atom. The molecule has 0 unspecified atom stereocenters. The Kier molecular flexibility index (Phi) is 5.85. The first-order valence-electron chi connectivity index (χ1n) is 6.44. The van der Waals surface area contributed by atoms with Crippen LogP contribution in [0.3, 0.4) is 0 Å². The van der Waals surface area contributed by atoms with Gasteiger partial charge in [-0.25, -0.2) is 4.72 Å². The van der Waals surface area contributed by atoms with Crippen LogP contribution >= 0.6 is 0 Å². The van der Waals surface area contributed by atoms with Crippen LogP contribution < -0.4 is 10.0 Å². The predicted molar refractivity (Wildman–Crippen MR) is 70.0 cm³/mol. The third kappa shape index (κ3) is 4.54. The van der Waals surface area contributed by atoms with Crippen LogP contribution in [0.5, 0.6) is 0 Å². The van der Waals surface area contributed by atoms with Crippen molar-refractivity contribution in [3.8, 4) is 0 Å². The summed E-state index contributed by atoms with van der Waals surface area (Å²) in [6.45, 7) is 8.76. The summed E-state index contributed by atoms with van der Waals surface area (Å²) >= 11 is 0. The summed E-state index contributed by atoms with van der Waals surface area (Å²) in [6.07, 6.45) is 1.80. The van der Waals surface area contributed by atoms with Gasteiger partial charge in [-0.15, -0.1) is 0 Å². The van der Waals surface area contributed by atoms with Crippen LogP contribution in [0, 0.1) is 5.92 Å². The van der Waals surface area contributed by atoms with E-state index in [0.29, 0.717) is 19.0 Å². The Labute approximate surface area is 105 Å². The Balaban J connectivity index is 2.63. The minimum absolute atomic E-state index is 0.144. The normalized spacial score (nSPS) is 19.1. The topological polar surface area (TPSA) is 61.4 Å². The predicted octanol–water partition coefficient (Wildman–Crippen LogP) is 0.551. The third-order valence-corrected chi connectivity index (χ3v) is 4.72. The van der Waals surface area contributed by atoms with E-state index in [-0.39, 0.29) is 6.04 Å². The monoisotopic (exact) mass is 263 g/mol. The highest BCUT2D eigenvalue weighted by atomic mass is 32.2. The largest absolute Gasteiger partial charge is 0.317 e. The molecule has 2 N–H and O–H groups in total. The molecule has 0 atom stereocenters. The SMILES string of the molecule is CCN(C1CCNCC1)S(=O)(=O)NCC(C)C. The lowest BCUT2D eigenvalue weighted by Gasteiger charge is -2.33. The van der Waals surface area contributed by atoms with E-state index >= 15 is 0 Å². The molecule has 1 saturated heterocycles. The lowest BCUT2D eigenvalue weighted by molar-refractivity contribution is 0.267. The summed E-state index contributed by atoms with van der Waals surface area (Å²) < 4.78 is 28.6. The number of nitrogens with zero attached hydrogens (tertiary/aromatic N) is 1. The molecule has 1 fully saturated rings. The fourth-order valence-corrected chi connectivity index (χ4v) is 3.73. The smallest absolute Gasteiger partial charge is 0.279 e. The molecule has 0 bridgehead atoms. The molecule has 1 heterocycles. The van der Waals surface area contributed by atoms with E-state index in [4.69, 9.17) is 0 Å². The molecule has 102 valence electrons. The number of rotatable bonds is 6. The van der Waals surface area contributed by atoms with Crippen molar-refractivity contribution in [2.75, 3.05) is 26.2 Å². The molecule has 6 heteroatoms. The summed E-state index contributed by atoms with van der Waals surface area (Å²) in [6, 6.07) is 0.144. The number of hydrogen-bond donors (Lipinski definition) is 2. The van der Waals surface area contributed by atoms with Gasteiger partial charge in [0, 0.05) is 19.1 Å². The lowest BCUT2D eigenvalue weighted by atomic mass is 10.1. The van der Waals surface area contributed by atoms with Crippen molar-refractivity contribution in [3.63, 3.8) is 0 Å². The fraction of sp³-hybridized carbons (Fsp3) is 1.00. The van der Waals surface area contributed by atoms with Gasteiger partial charge in [-0.05, 0) is 31.8 Å². The Morgan fingerprint density at radius 1 is 1.35 bits per heavy atom. The zero-order valence-corrected chi connectivity index (χ0v) is 11.9. The second kappa shape index (κ2) is 6.68. The molecule has 17 heavy (non-hydrogen) atoms. The van der Waals surface area contributed by atoms with Gasteiger partial charge in [0.2, 0.25) is 0 Å². The molecule has 0 spiro atoms. The molecular weight excluding hydrogens is 238 g/mol. The van der Waals surface area contributed by atoms with Crippen LogP contribution in [0.15, 0.2) is 0 Å². The van der Waals surface area contributed by atoms with Gasteiger partial charge in [0.15, 0.2) is 0 Å². The first kappa shape index (κ1) is 14.9. The third-order valence-electron chi connectivity index (χ3n) is 3.01. The maximum absolute atomic E-state index is 12.2.